The molecule has 0 aliphatic rings. The summed E-state index contributed by atoms with van der Waals surface area (Å²) in [6.07, 6.45) is 3.46. The van der Waals surface area contributed by atoms with E-state index in [1.54, 1.807) is 58.3 Å². The second-order valence-electron chi connectivity index (χ2n) is 5.30. The van der Waals surface area contributed by atoms with Gasteiger partial charge in [0.2, 0.25) is 6.54 Å². The van der Waals surface area contributed by atoms with Gasteiger partial charge in [0.05, 0.1) is 0 Å². The highest BCUT2D eigenvalue weighted by molar-refractivity contribution is 6.30. The summed E-state index contributed by atoms with van der Waals surface area (Å²) < 4.78 is 1.70. The Kier molecular flexibility index (Phi) is 8.38. The fourth-order valence-electron chi connectivity index (χ4n) is 2.34. The van der Waals surface area contributed by atoms with Crippen LogP contribution in [0.25, 0.3) is 0 Å². The van der Waals surface area contributed by atoms with E-state index in [2.05, 4.69) is 5.32 Å². The van der Waals surface area contributed by atoms with Gasteiger partial charge in [-0.05, 0) is 44.2 Å². The molecule has 7 heteroatoms. The van der Waals surface area contributed by atoms with Gasteiger partial charge in [0, 0.05) is 29.9 Å². The van der Waals surface area contributed by atoms with Crippen LogP contribution >= 0.6 is 24.0 Å². The number of benzene rings is 1. The zero-order valence-corrected chi connectivity index (χ0v) is 15.8. The number of pyridine rings is 1. The van der Waals surface area contributed by atoms with E-state index >= 15 is 0 Å². The first kappa shape index (κ1) is 20.9. The van der Waals surface area contributed by atoms with Crippen molar-refractivity contribution >= 4 is 41.5 Å². The van der Waals surface area contributed by atoms with Crippen molar-refractivity contribution in [3.8, 4) is 0 Å². The third-order valence-electron chi connectivity index (χ3n) is 3.61. The number of hydrogen-bond acceptors (Lipinski definition) is 2. The van der Waals surface area contributed by atoms with E-state index in [1.165, 1.54) is 0 Å². The third-order valence-corrected chi connectivity index (χ3v) is 3.86. The number of halogens is 2. The van der Waals surface area contributed by atoms with Crippen molar-refractivity contribution in [1.82, 2.24) is 4.90 Å². The summed E-state index contributed by atoms with van der Waals surface area (Å²) in [6.45, 7) is 5.32. The zero-order valence-electron chi connectivity index (χ0n) is 14.2. The molecule has 0 saturated heterocycles. The molecular formula is C18H22Cl2N3O2+. The first-order chi connectivity index (χ1) is 11.5. The molecule has 1 aromatic heterocycles. The van der Waals surface area contributed by atoms with Crippen LogP contribution in [0.4, 0.5) is 5.69 Å². The van der Waals surface area contributed by atoms with Crippen LogP contribution in [0.2, 0.25) is 5.02 Å². The number of aromatic nitrogens is 1. The van der Waals surface area contributed by atoms with Gasteiger partial charge >= 0.3 is 0 Å². The van der Waals surface area contributed by atoms with Gasteiger partial charge in [-0.2, -0.15) is 4.57 Å². The molecule has 2 rings (SSSR count). The lowest BCUT2D eigenvalue weighted by molar-refractivity contribution is -0.684. The molecule has 1 heterocycles. The Balaban J connectivity index is 0.00000312. The predicted octanol–water partition coefficient (Wildman–Crippen LogP) is 3.17. The number of rotatable bonds is 6. The number of nitrogens with one attached hydrogen (secondary N) is 1. The Hall–Kier alpha value is -2.11. The second kappa shape index (κ2) is 10.0. The Morgan fingerprint density at radius 3 is 2.36 bits per heavy atom. The minimum Gasteiger partial charge on any atom is -0.339 e. The van der Waals surface area contributed by atoms with Crippen LogP contribution in [0.3, 0.4) is 0 Å². The summed E-state index contributed by atoms with van der Waals surface area (Å²) in [5.41, 5.74) is 1.25. The summed E-state index contributed by atoms with van der Waals surface area (Å²) in [5, 5.41) is 3.41. The Morgan fingerprint density at radius 2 is 1.76 bits per heavy atom. The molecule has 0 saturated carbocycles. The molecule has 2 aromatic rings. The lowest BCUT2D eigenvalue weighted by atomic mass is 10.2. The van der Waals surface area contributed by atoms with Gasteiger partial charge in [-0.15, -0.1) is 12.4 Å². The largest absolute Gasteiger partial charge is 0.339 e. The molecule has 0 aliphatic heterocycles. The minimum absolute atomic E-state index is 0. The fraction of sp³-hybridized carbons (Fsp3) is 0.278. The molecule has 2 amide bonds. The van der Waals surface area contributed by atoms with Crippen molar-refractivity contribution in [3.63, 3.8) is 0 Å². The molecule has 0 spiro atoms. The highest BCUT2D eigenvalue weighted by Crippen LogP contribution is 2.13. The number of nitrogens with zero attached hydrogens (tertiary/aromatic N) is 2. The van der Waals surface area contributed by atoms with Crippen LogP contribution in [0.15, 0.2) is 48.8 Å². The maximum absolute atomic E-state index is 12.4. The van der Waals surface area contributed by atoms with Gasteiger partial charge in [-0.3, -0.25) is 9.59 Å². The van der Waals surface area contributed by atoms with Crippen LogP contribution in [0.5, 0.6) is 0 Å². The van der Waals surface area contributed by atoms with Gasteiger partial charge in [-0.1, -0.05) is 11.6 Å². The molecular weight excluding hydrogens is 361 g/mol. The molecule has 0 atom stereocenters. The Morgan fingerprint density at radius 1 is 1.12 bits per heavy atom. The van der Waals surface area contributed by atoms with Crippen molar-refractivity contribution in [2.75, 3.05) is 18.4 Å². The molecule has 134 valence electrons. The topological polar surface area (TPSA) is 53.3 Å². The number of carbonyl (C=O) groups excluding carboxylic acids is 2. The quantitative estimate of drug-likeness (QED) is 0.780. The number of anilines is 1. The average Bonchev–Trinajstić information content (AvgIpc) is 2.58. The van der Waals surface area contributed by atoms with E-state index in [4.69, 9.17) is 11.6 Å². The summed E-state index contributed by atoms with van der Waals surface area (Å²) in [5.74, 6) is -0.206. The van der Waals surface area contributed by atoms with Gasteiger partial charge in [0.15, 0.2) is 12.4 Å². The van der Waals surface area contributed by atoms with Crippen molar-refractivity contribution in [3.05, 3.63) is 59.4 Å². The SMILES string of the molecule is CCN(CC)C(=O)c1ccc[n+](CC(=O)Nc2ccc(Cl)cc2)c1.Cl. The van der Waals surface area contributed by atoms with Gasteiger partial charge in [0.25, 0.3) is 11.8 Å². The standard InChI is InChI=1S/C18H20ClN3O2.ClH/c1-3-22(4-2)18(24)14-6-5-11-21(12-14)13-17(23)20-16-9-7-15(19)8-10-16;/h5-12H,3-4,13H2,1-2H3;1H/p+1. The lowest BCUT2D eigenvalue weighted by Gasteiger charge is -2.17. The van der Waals surface area contributed by atoms with Crippen molar-refractivity contribution in [2.45, 2.75) is 20.4 Å². The summed E-state index contributed by atoms with van der Waals surface area (Å²) in [4.78, 5) is 26.2. The van der Waals surface area contributed by atoms with Crippen molar-refractivity contribution in [1.29, 1.82) is 0 Å². The molecule has 0 fully saturated rings. The Bertz CT molecular complexity index is 717. The zero-order chi connectivity index (χ0) is 17.5. The summed E-state index contributed by atoms with van der Waals surface area (Å²) in [7, 11) is 0. The molecule has 0 aliphatic carbocycles. The molecule has 5 nitrogen and oxygen atoms in total. The second-order valence-corrected chi connectivity index (χ2v) is 5.73. The van der Waals surface area contributed by atoms with E-state index in [-0.39, 0.29) is 30.8 Å². The normalized spacial score (nSPS) is 9.88. The smallest absolute Gasteiger partial charge is 0.290 e. The van der Waals surface area contributed by atoms with Crippen LogP contribution in [0, 0.1) is 0 Å². The van der Waals surface area contributed by atoms with Crippen molar-refractivity contribution < 1.29 is 14.2 Å². The molecule has 25 heavy (non-hydrogen) atoms. The van der Waals surface area contributed by atoms with Crippen LogP contribution < -0.4 is 9.88 Å². The summed E-state index contributed by atoms with van der Waals surface area (Å²) >= 11 is 5.82. The molecule has 0 radical (unpaired) electrons. The molecule has 1 N–H and O–H groups in total. The average molecular weight is 383 g/mol. The van der Waals surface area contributed by atoms with E-state index < -0.39 is 0 Å². The maximum atomic E-state index is 12.4. The summed E-state index contributed by atoms with van der Waals surface area (Å²) in [6, 6.07) is 10.4. The van der Waals surface area contributed by atoms with Gasteiger partial charge in [-0.25, -0.2) is 0 Å². The van der Waals surface area contributed by atoms with Gasteiger partial charge < -0.3 is 10.2 Å². The third kappa shape index (κ3) is 6.03. The van der Waals surface area contributed by atoms with Crippen LogP contribution in [-0.2, 0) is 11.3 Å². The van der Waals surface area contributed by atoms with Gasteiger partial charge in [0.1, 0.15) is 5.56 Å². The van der Waals surface area contributed by atoms with E-state index in [9.17, 15) is 9.59 Å². The molecule has 0 bridgehead atoms. The maximum Gasteiger partial charge on any atom is 0.290 e. The monoisotopic (exact) mass is 382 g/mol. The van der Waals surface area contributed by atoms with E-state index in [0.29, 0.717) is 29.4 Å². The first-order valence-corrected chi connectivity index (χ1v) is 8.25. The van der Waals surface area contributed by atoms with E-state index in [1.807, 2.05) is 13.8 Å². The lowest BCUT2D eigenvalue weighted by Crippen LogP contribution is -2.41. The number of carbonyl (C=O) groups is 2. The minimum atomic E-state index is -0.172. The molecule has 0 unspecified atom stereocenters. The van der Waals surface area contributed by atoms with E-state index in [0.717, 1.165) is 0 Å². The van der Waals surface area contributed by atoms with Crippen LogP contribution in [0.1, 0.15) is 24.2 Å². The number of hydrogen-bond donors (Lipinski definition) is 1. The fourth-order valence-corrected chi connectivity index (χ4v) is 2.47. The number of amides is 2. The highest BCUT2D eigenvalue weighted by atomic mass is 35.5. The first-order valence-electron chi connectivity index (χ1n) is 7.87. The highest BCUT2D eigenvalue weighted by Gasteiger charge is 2.17. The predicted molar refractivity (Wildman–Crippen MR) is 101 cm³/mol. The van der Waals surface area contributed by atoms with Crippen molar-refractivity contribution in [2.24, 2.45) is 0 Å². The molecule has 1 aromatic carbocycles. The van der Waals surface area contributed by atoms with Crippen LogP contribution in [-0.4, -0.2) is 29.8 Å². The Labute approximate surface area is 159 Å².